The zero-order valence-corrected chi connectivity index (χ0v) is 10.7. The van der Waals surface area contributed by atoms with Crippen molar-refractivity contribution in [1.82, 2.24) is 4.98 Å². The van der Waals surface area contributed by atoms with Gasteiger partial charge in [0.2, 0.25) is 0 Å². The molecule has 0 bridgehead atoms. The Morgan fingerprint density at radius 2 is 1.67 bits per heavy atom. The number of nitrogens with zero attached hydrogens (tertiary/aromatic N) is 1. The van der Waals surface area contributed by atoms with Gasteiger partial charge in [0.15, 0.2) is 0 Å². The van der Waals surface area contributed by atoms with Gasteiger partial charge < -0.3 is 0 Å². The highest BCUT2D eigenvalue weighted by Gasteiger charge is 2.42. The van der Waals surface area contributed by atoms with Crippen LogP contribution in [0.25, 0.3) is 0 Å². The Morgan fingerprint density at radius 3 is 2.17 bits per heavy atom. The molecule has 0 fully saturated rings. The van der Waals surface area contributed by atoms with E-state index in [1.807, 2.05) is 0 Å². The molecule has 0 aliphatic carbocycles. The molecule has 94 valence electrons. The zero-order valence-electron chi connectivity index (χ0n) is 9.16. The van der Waals surface area contributed by atoms with E-state index < -0.39 is 12.1 Å². The third-order valence-corrected chi connectivity index (χ3v) is 3.04. The summed E-state index contributed by atoms with van der Waals surface area (Å²) >= 11 is 3.20. The summed E-state index contributed by atoms with van der Waals surface area (Å²) < 4.78 is 40.2. The molecule has 0 amide bonds. The van der Waals surface area contributed by atoms with Crippen molar-refractivity contribution in [3.05, 3.63) is 64.4 Å². The Balaban J connectivity index is 2.47. The van der Waals surface area contributed by atoms with Gasteiger partial charge in [0, 0.05) is 10.7 Å². The minimum atomic E-state index is -4.36. The number of pyridine rings is 1. The van der Waals surface area contributed by atoms with Gasteiger partial charge in [-0.25, -0.2) is 0 Å². The van der Waals surface area contributed by atoms with Crippen molar-refractivity contribution in [3.63, 3.8) is 0 Å². The third kappa shape index (κ3) is 2.90. The standard InChI is InChI=1S/C13H9BrF3N/c14-10-6-4-9(5-7-10)12(13(15,16)17)11-3-1-2-8-18-11/h1-8,12H. The summed E-state index contributed by atoms with van der Waals surface area (Å²) in [6.45, 7) is 0. The normalized spacial score (nSPS) is 13.3. The molecule has 0 radical (unpaired) electrons. The van der Waals surface area contributed by atoms with Crippen molar-refractivity contribution in [2.24, 2.45) is 0 Å². The van der Waals surface area contributed by atoms with E-state index in [4.69, 9.17) is 0 Å². The Hall–Kier alpha value is -1.36. The number of rotatable bonds is 2. The Kier molecular flexibility index (Phi) is 3.71. The SMILES string of the molecule is FC(F)(F)C(c1ccc(Br)cc1)c1ccccn1. The van der Waals surface area contributed by atoms with Crippen LogP contribution in [0.4, 0.5) is 13.2 Å². The van der Waals surface area contributed by atoms with Crippen LogP contribution in [0.15, 0.2) is 53.1 Å². The van der Waals surface area contributed by atoms with Crippen LogP contribution in [0.5, 0.6) is 0 Å². The van der Waals surface area contributed by atoms with Gasteiger partial charge in [-0.15, -0.1) is 0 Å². The molecular weight excluding hydrogens is 307 g/mol. The minimum Gasteiger partial charge on any atom is -0.260 e. The van der Waals surface area contributed by atoms with Crippen molar-refractivity contribution in [2.75, 3.05) is 0 Å². The predicted molar refractivity (Wildman–Crippen MR) is 66.3 cm³/mol. The minimum absolute atomic E-state index is 0.00678. The Labute approximate surface area is 111 Å². The molecule has 0 N–H and O–H groups in total. The van der Waals surface area contributed by atoms with Gasteiger partial charge in [-0.05, 0) is 29.8 Å². The zero-order chi connectivity index (χ0) is 13.2. The number of hydrogen-bond acceptors (Lipinski definition) is 1. The molecule has 1 heterocycles. The summed E-state index contributed by atoms with van der Waals surface area (Å²) in [4.78, 5) is 3.81. The van der Waals surface area contributed by atoms with E-state index in [1.54, 1.807) is 24.3 Å². The molecular formula is C13H9BrF3N. The van der Waals surface area contributed by atoms with Crippen molar-refractivity contribution in [1.29, 1.82) is 0 Å². The van der Waals surface area contributed by atoms with E-state index in [9.17, 15) is 13.2 Å². The summed E-state index contributed by atoms with van der Waals surface area (Å²) in [7, 11) is 0. The molecule has 0 spiro atoms. The van der Waals surface area contributed by atoms with Gasteiger partial charge in [0.1, 0.15) is 5.92 Å². The lowest BCUT2D eigenvalue weighted by molar-refractivity contribution is -0.141. The van der Waals surface area contributed by atoms with E-state index >= 15 is 0 Å². The number of aromatic nitrogens is 1. The molecule has 1 aromatic carbocycles. The highest BCUT2D eigenvalue weighted by molar-refractivity contribution is 9.10. The first-order valence-electron chi connectivity index (χ1n) is 5.21. The van der Waals surface area contributed by atoms with Crippen molar-refractivity contribution in [3.8, 4) is 0 Å². The predicted octanol–water partition coefficient (Wildman–Crippen LogP) is 4.54. The molecule has 1 nitrogen and oxygen atoms in total. The molecule has 5 heteroatoms. The topological polar surface area (TPSA) is 12.9 Å². The van der Waals surface area contributed by atoms with Crippen LogP contribution in [-0.2, 0) is 0 Å². The van der Waals surface area contributed by atoms with Crippen LogP contribution in [0.2, 0.25) is 0 Å². The smallest absolute Gasteiger partial charge is 0.260 e. The van der Waals surface area contributed by atoms with Crippen molar-refractivity contribution >= 4 is 15.9 Å². The number of benzene rings is 1. The van der Waals surface area contributed by atoms with Crippen LogP contribution < -0.4 is 0 Å². The molecule has 1 aromatic heterocycles. The van der Waals surface area contributed by atoms with Crippen LogP contribution >= 0.6 is 15.9 Å². The average Bonchev–Trinajstić information content (AvgIpc) is 2.32. The van der Waals surface area contributed by atoms with Gasteiger partial charge in [0.25, 0.3) is 0 Å². The van der Waals surface area contributed by atoms with Crippen molar-refractivity contribution in [2.45, 2.75) is 12.1 Å². The molecule has 1 atom stereocenters. The molecule has 1 unspecified atom stereocenters. The largest absolute Gasteiger partial charge is 0.401 e. The quantitative estimate of drug-likeness (QED) is 0.793. The lowest BCUT2D eigenvalue weighted by Crippen LogP contribution is -2.22. The lowest BCUT2D eigenvalue weighted by atomic mass is 9.94. The Morgan fingerprint density at radius 1 is 1.00 bits per heavy atom. The summed E-state index contributed by atoms with van der Waals surface area (Å²) in [5.41, 5.74) is 0.191. The second-order valence-electron chi connectivity index (χ2n) is 3.78. The fraction of sp³-hybridized carbons (Fsp3) is 0.154. The molecule has 0 saturated heterocycles. The van der Waals surface area contributed by atoms with Gasteiger partial charge in [-0.3, -0.25) is 4.98 Å². The summed E-state index contributed by atoms with van der Waals surface area (Å²) in [5, 5.41) is 0. The van der Waals surface area contributed by atoms with E-state index in [2.05, 4.69) is 20.9 Å². The number of alkyl halides is 3. The third-order valence-electron chi connectivity index (χ3n) is 2.51. The molecule has 0 aliphatic rings. The maximum atomic E-state index is 13.1. The fourth-order valence-corrected chi connectivity index (χ4v) is 1.99. The highest BCUT2D eigenvalue weighted by Crippen LogP contribution is 2.39. The molecule has 0 aliphatic heterocycles. The summed E-state index contributed by atoms with van der Waals surface area (Å²) in [6, 6.07) is 10.6. The van der Waals surface area contributed by atoms with Crippen LogP contribution in [0, 0.1) is 0 Å². The van der Waals surface area contributed by atoms with Crippen LogP contribution in [0.3, 0.4) is 0 Å². The van der Waals surface area contributed by atoms with Crippen molar-refractivity contribution < 1.29 is 13.2 Å². The molecule has 2 rings (SSSR count). The van der Waals surface area contributed by atoms with E-state index in [0.29, 0.717) is 0 Å². The van der Waals surface area contributed by atoms with Gasteiger partial charge in [0.05, 0.1) is 5.69 Å². The Bertz CT molecular complexity index is 508. The van der Waals surface area contributed by atoms with E-state index in [-0.39, 0.29) is 11.3 Å². The highest BCUT2D eigenvalue weighted by atomic mass is 79.9. The average molecular weight is 316 g/mol. The second-order valence-corrected chi connectivity index (χ2v) is 4.70. The molecule has 18 heavy (non-hydrogen) atoms. The van der Waals surface area contributed by atoms with E-state index in [0.717, 1.165) is 4.47 Å². The number of hydrogen-bond donors (Lipinski definition) is 0. The first kappa shape index (κ1) is 13.1. The number of halogens is 4. The maximum absolute atomic E-state index is 13.1. The summed E-state index contributed by atoms with van der Waals surface area (Å²) in [5.74, 6) is -1.69. The molecule has 2 aromatic rings. The fourth-order valence-electron chi connectivity index (χ4n) is 1.73. The maximum Gasteiger partial charge on any atom is 0.401 e. The van der Waals surface area contributed by atoms with Crippen LogP contribution in [0.1, 0.15) is 17.2 Å². The monoisotopic (exact) mass is 315 g/mol. The molecule has 0 saturated carbocycles. The second kappa shape index (κ2) is 5.10. The van der Waals surface area contributed by atoms with Gasteiger partial charge in [-0.2, -0.15) is 13.2 Å². The van der Waals surface area contributed by atoms with Crippen LogP contribution in [-0.4, -0.2) is 11.2 Å². The van der Waals surface area contributed by atoms with Gasteiger partial charge >= 0.3 is 6.18 Å². The summed E-state index contributed by atoms with van der Waals surface area (Å²) in [6.07, 6.45) is -2.99. The first-order valence-corrected chi connectivity index (χ1v) is 6.01. The van der Waals surface area contributed by atoms with Gasteiger partial charge in [-0.1, -0.05) is 34.1 Å². The lowest BCUT2D eigenvalue weighted by Gasteiger charge is -2.20. The van der Waals surface area contributed by atoms with E-state index in [1.165, 1.54) is 24.4 Å². The first-order chi connectivity index (χ1) is 8.48.